The molecule has 10 rings (SSSR count). The molecule has 0 saturated heterocycles. The molecule has 10 aromatic rings. The van der Waals surface area contributed by atoms with Crippen molar-refractivity contribution in [3.63, 3.8) is 0 Å². The van der Waals surface area contributed by atoms with E-state index in [2.05, 4.69) is 200 Å². The molecule has 0 aliphatic rings. The molecule has 2 heterocycles. The Morgan fingerprint density at radius 3 is 0.883 bits per heavy atom. The molecular formula is C57H39N3. The van der Waals surface area contributed by atoms with Crippen molar-refractivity contribution in [1.29, 1.82) is 0 Å². The second-order valence-electron chi connectivity index (χ2n) is 14.7. The SMILES string of the molecule is c1ccc(-c2cc(-c3ccc(-c4ccc(-c5c(-c6ccccc6)c(-c6ccccc6)nc(-c6ccccc6)c5-c5ccccc5)cc4)cc3)nc(-c3ccccc3)n2)cc1. The molecule has 282 valence electrons. The fourth-order valence-corrected chi connectivity index (χ4v) is 7.99. The summed E-state index contributed by atoms with van der Waals surface area (Å²) in [5.74, 6) is 0.707. The topological polar surface area (TPSA) is 38.7 Å². The Labute approximate surface area is 351 Å². The monoisotopic (exact) mass is 765 g/mol. The van der Waals surface area contributed by atoms with Gasteiger partial charge in [-0.2, -0.15) is 0 Å². The van der Waals surface area contributed by atoms with Crippen molar-refractivity contribution >= 4 is 0 Å². The van der Waals surface area contributed by atoms with Crippen molar-refractivity contribution in [2.75, 3.05) is 0 Å². The van der Waals surface area contributed by atoms with Crippen LogP contribution in [0.25, 0.3) is 101 Å². The van der Waals surface area contributed by atoms with Crippen LogP contribution in [-0.2, 0) is 0 Å². The van der Waals surface area contributed by atoms with Gasteiger partial charge in [-0.05, 0) is 33.9 Å². The fourth-order valence-electron chi connectivity index (χ4n) is 7.99. The van der Waals surface area contributed by atoms with E-state index in [1.165, 1.54) is 0 Å². The highest BCUT2D eigenvalue weighted by Gasteiger charge is 2.25. The number of benzene rings is 8. The number of pyridine rings is 1. The molecule has 3 nitrogen and oxygen atoms in total. The summed E-state index contributed by atoms with van der Waals surface area (Å²) in [7, 11) is 0. The number of hydrogen-bond donors (Lipinski definition) is 0. The molecule has 60 heavy (non-hydrogen) atoms. The second-order valence-corrected chi connectivity index (χ2v) is 14.7. The lowest BCUT2D eigenvalue weighted by atomic mass is 9.83. The summed E-state index contributed by atoms with van der Waals surface area (Å²) < 4.78 is 0. The Hall–Kier alpha value is -8.01. The minimum absolute atomic E-state index is 0.707. The minimum Gasteiger partial charge on any atom is -0.246 e. The summed E-state index contributed by atoms with van der Waals surface area (Å²) in [6, 6.07) is 82.8. The molecule has 0 saturated carbocycles. The van der Waals surface area contributed by atoms with E-state index < -0.39 is 0 Å². The van der Waals surface area contributed by atoms with Crippen LogP contribution in [0, 0.1) is 0 Å². The Kier molecular flexibility index (Phi) is 9.97. The van der Waals surface area contributed by atoms with Crippen molar-refractivity contribution in [1.82, 2.24) is 15.0 Å². The van der Waals surface area contributed by atoms with Gasteiger partial charge in [-0.3, -0.25) is 0 Å². The molecule has 8 aromatic carbocycles. The number of aromatic nitrogens is 3. The van der Waals surface area contributed by atoms with Crippen molar-refractivity contribution in [2.45, 2.75) is 0 Å². The average molecular weight is 766 g/mol. The maximum atomic E-state index is 5.59. The van der Waals surface area contributed by atoms with Gasteiger partial charge < -0.3 is 0 Å². The van der Waals surface area contributed by atoms with Gasteiger partial charge in [0.25, 0.3) is 0 Å². The van der Waals surface area contributed by atoms with Crippen LogP contribution in [0.4, 0.5) is 0 Å². The van der Waals surface area contributed by atoms with Crippen LogP contribution in [0.1, 0.15) is 0 Å². The first kappa shape index (κ1) is 36.3. The molecule has 0 spiro atoms. The zero-order valence-corrected chi connectivity index (χ0v) is 32.9. The summed E-state index contributed by atoms with van der Waals surface area (Å²) in [6.45, 7) is 0. The normalized spacial score (nSPS) is 11.0. The lowest BCUT2D eigenvalue weighted by Crippen LogP contribution is -2.01. The molecular weight excluding hydrogens is 727 g/mol. The third-order valence-electron chi connectivity index (χ3n) is 10.9. The Morgan fingerprint density at radius 2 is 0.483 bits per heavy atom. The van der Waals surface area contributed by atoms with E-state index in [0.717, 1.165) is 95.1 Å². The first-order valence-electron chi connectivity index (χ1n) is 20.3. The first-order chi connectivity index (χ1) is 29.8. The molecule has 0 unspecified atom stereocenters. The van der Waals surface area contributed by atoms with Gasteiger partial charge in [-0.1, -0.05) is 231 Å². The Balaban J connectivity index is 1.11. The minimum atomic E-state index is 0.707. The summed E-state index contributed by atoms with van der Waals surface area (Å²) in [4.78, 5) is 15.6. The van der Waals surface area contributed by atoms with Crippen LogP contribution in [0.2, 0.25) is 0 Å². The average Bonchev–Trinajstić information content (AvgIpc) is 3.35. The quantitative estimate of drug-likeness (QED) is 0.147. The highest BCUT2D eigenvalue weighted by atomic mass is 14.9. The lowest BCUT2D eigenvalue weighted by Gasteiger charge is -2.23. The van der Waals surface area contributed by atoms with Gasteiger partial charge >= 0.3 is 0 Å². The summed E-state index contributed by atoms with van der Waals surface area (Å²) in [6.07, 6.45) is 0. The number of hydrogen-bond acceptors (Lipinski definition) is 3. The molecule has 0 amide bonds. The standard InChI is InChI=1S/C57H39N3/c1-7-19-42(20-8-1)50-39-51(59-57(58-50)49-29-17-6-18-30-49)43-35-31-40(32-36-43)41-33-37-46(38-34-41)52-53(44-21-9-2-10-22-44)55(47-25-13-4-14-26-47)60-56(48-27-15-5-16-28-48)54(52)45-23-11-3-12-24-45/h1-39H. The Morgan fingerprint density at radius 1 is 0.200 bits per heavy atom. The van der Waals surface area contributed by atoms with Gasteiger partial charge in [0.2, 0.25) is 0 Å². The van der Waals surface area contributed by atoms with Crippen LogP contribution >= 0.6 is 0 Å². The van der Waals surface area contributed by atoms with E-state index in [9.17, 15) is 0 Å². The smallest absolute Gasteiger partial charge is 0.160 e. The molecule has 0 N–H and O–H groups in total. The van der Waals surface area contributed by atoms with Gasteiger partial charge in [-0.15, -0.1) is 0 Å². The molecule has 2 aromatic heterocycles. The third-order valence-corrected chi connectivity index (χ3v) is 10.9. The van der Waals surface area contributed by atoms with E-state index in [1.807, 2.05) is 36.4 Å². The predicted molar refractivity (Wildman–Crippen MR) is 249 cm³/mol. The summed E-state index contributed by atoms with van der Waals surface area (Å²) in [5, 5.41) is 0. The van der Waals surface area contributed by atoms with Crippen LogP contribution in [0.3, 0.4) is 0 Å². The van der Waals surface area contributed by atoms with E-state index in [0.29, 0.717) is 5.82 Å². The van der Waals surface area contributed by atoms with Crippen LogP contribution in [-0.4, -0.2) is 15.0 Å². The summed E-state index contributed by atoms with van der Waals surface area (Å²) in [5.41, 5.74) is 17.9. The maximum Gasteiger partial charge on any atom is 0.160 e. The van der Waals surface area contributed by atoms with Crippen molar-refractivity contribution in [2.24, 2.45) is 0 Å². The maximum absolute atomic E-state index is 5.59. The molecule has 0 radical (unpaired) electrons. The highest BCUT2D eigenvalue weighted by molar-refractivity contribution is 6.05. The van der Waals surface area contributed by atoms with Gasteiger partial charge in [0, 0.05) is 44.5 Å². The zero-order chi connectivity index (χ0) is 40.1. The van der Waals surface area contributed by atoms with Crippen LogP contribution in [0.5, 0.6) is 0 Å². The second kappa shape index (κ2) is 16.5. The van der Waals surface area contributed by atoms with Crippen LogP contribution in [0.15, 0.2) is 237 Å². The van der Waals surface area contributed by atoms with Gasteiger partial charge in [-0.25, -0.2) is 15.0 Å². The summed E-state index contributed by atoms with van der Waals surface area (Å²) >= 11 is 0. The van der Waals surface area contributed by atoms with E-state index in [1.54, 1.807) is 0 Å². The molecule has 0 aliphatic carbocycles. The van der Waals surface area contributed by atoms with Gasteiger partial charge in [0.1, 0.15) is 0 Å². The van der Waals surface area contributed by atoms with E-state index in [-0.39, 0.29) is 0 Å². The largest absolute Gasteiger partial charge is 0.246 e. The predicted octanol–water partition coefficient (Wildman–Crippen LogP) is 14.9. The number of rotatable bonds is 9. The van der Waals surface area contributed by atoms with Crippen molar-refractivity contribution in [3.05, 3.63) is 237 Å². The van der Waals surface area contributed by atoms with Crippen molar-refractivity contribution in [3.8, 4) is 101 Å². The first-order valence-corrected chi connectivity index (χ1v) is 20.3. The number of nitrogens with zero attached hydrogens (tertiary/aromatic N) is 3. The van der Waals surface area contributed by atoms with E-state index >= 15 is 0 Å². The van der Waals surface area contributed by atoms with Crippen LogP contribution < -0.4 is 0 Å². The van der Waals surface area contributed by atoms with Crippen molar-refractivity contribution < 1.29 is 0 Å². The van der Waals surface area contributed by atoms with Gasteiger partial charge in [0.05, 0.1) is 22.8 Å². The third kappa shape index (κ3) is 7.32. The molecule has 0 atom stereocenters. The highest BCUT2D eigenvalue weighted by Crippen LogP contribution is 2.48. The fraction of sp³-hybridized carbons (Fsp3) is 0. The molecule has 0 fully saturated rings. The lowest BCUT2D eigenvalue weighted by molar-refractivity contribution is 1.18. The Bertz CT molecular complexity index is 2850. The van der Waals surface area contributed by atoms with E-state index in [4.69, 9.17) is 15.0 Å². The zero-order valence-electron chi connectivity index (χ0n) is 32.9. The molecule has 0 aliphatic heterocycles. The molecule has 0 bridgehead atoms. The van der Waals surface area contributed by atoms with Gasteiger partial charge in [0.15, 0.2) is 5.82 Å². The molecule has 3 heteroatoms.